The second-order valence-corrected chi connectivity index (χ2v) is 3.99. The van der Waals surface area contributed by atoms with E-state index in [1.54, 1.807) is 19.3 Å². The van der Waals surface area contributed by atoms with Crippen molar-refractivity contribution in [2.75, 3.05) is 11.9 Å². The number of nitrogens with zero attached hydrogens (tertiary/aromatic N) is 2. The first kappa shape index (κ1) is 13.8. The van der Waals surface area contributed by atoms with Crippen molar-refractivity contribution < 1.29 is 9.18 Å². The average molecular weight is 272 g/mol. The Morgan fingerprint density at radius 3 is 2.90 bits per heavy atom. The minimum atomic E-state index is -0.552. The Bertz CT molecular complexity index is 697. The van der Waals surface area contributed by atoms with E-state index in [1.165, 1.54) is 16.8 Å². The molecule has 6 heteroatoms. The van der Waals surface area contributed by atoms with Crippen molar-refractivity contribution in [3.8, 4) is 11.8 Å². The van der Waals surface area contributed by atoms with Gasteiger partial charge < -0.3 is 11.1 Å². The number of anilines is 1. The maximum atomic E-state index is 13.8. The Hall–Kier alpha value is -2.65. The van der Waals surface area contributed by atoms with Crippen molar-refractivity contribution >= 4 is 11.7 Å². The summed E-state index contributed by atoms with van der Waals surface area (Å²) < 4.78 is 15.3. The van der Waals surface area contributed by atoms with Crippen LogP contribution in [0.2, 0.25) is 0 Å². The average Bonchev–Trinajstić information content (AvgIpc) is 2.83. The Labute approximate surface area is 115 Å². The number of aromatic nitrogens is 2. The summed E-state index contributed by atoms with van der Waals surface area (Å²) in [4.78, 5) is 12.0. The molecule has 20 heavy (non-hydrogen) atoms. The van der Waals surface area contributed by atoms with Crippen LogP contribution in [0.4, 0.5) is 10.2 Å². The summed E-state index contributed by atoms with van der Waals surface area (Å²) in [6, 6.07) is 5.76. The summed E-state index contributed by atoms with van der Waals surface area (Å²) in [5, 5.41) is 6.56. The third kappa shape index (κ3) is 3.02. The van der Waals surface area contributed by atoms with E-state index in [9.17, 15) is 9.18 Å². The van der Waals surface area contributed by atoms with Gasteiger partial charge in [-0.1, -0.05) is 11.8 Å². The molecule has 0 aliphatic heterocycles. The zero-order chi connectivity index (χ0) is 14.5. The number of nitrogens with two attached hydrogens (primary N) is 1. The SMILES string of the molecule is Cn1nccc1NC(=O)c1ccc(C#CCN)c(F)c1. The van der Waals surface area contributed by atoms with Crippen LogP contribution in [0.25, 0.3) is 0 Å². The minimum Gasteiger partial charge on any atom is -0.320 e. The van der Waals surface area contributed by atoms with Crippen LogP contribution in [0.15, 0.2) is 30.5 Å². The molecule has 0 radical (unpaired) electrons. The molecule has 0 bridgehead atoms. The first-order valence-corrected chi connectivity index (χ1v) is 5.89. The van der Waals surface area contributed by atoms with E-state index in [2.05, 4.69) is 22.3 Å². The fraction of sp³-hybridized carbons (Fsp3) is 0.143. The summed E-state index contributed by atoms with van der Waals surface area (Å²) in [6.07, 6.45) is 1.56. The molecule has 1 heterocycles. The molecular weight excluding hydrogens is 259 g/mol. The molecule has 0 unspecified atom stereocenters. The second kappa shape index (κ2) is 5.99. The Morgan fingerprint density at radius 2 is 2.30 bits per heavy atom. The molecule has 1 aromatic carbocycles. The molecule has 0 atom stereocenters. The number of amides is 1. The molecule has 0 saturated heterocycles. The van der Waals surface area contributed by atoms with Crippen molar-refractivity contribution in [1.82, 2.24) is 9.78 Å². The number of hydrogen-bond donors (Lipinski definition) is 2. The highest BCUT2D eigenvalue weighted by atomic mass is 19.1. The third-order valence-electron chi connectivity index (χ3n) is 2.62. The molecule has 2 aromatic rings. The summed E-state index contributed by atoms with van der Waals surface area (Å²) in [5.74, 6) is 4.73. The molecule has 2 rings (SSSR count). The molecule has 0 aliphatic carbocycles. The number of halogens is 1. The van der Waals surface area contributed by atoms with Gasteiger partial charge in [0, 0.05) is 18.7 Å². The number of carbonyl (C=O) groups excluding carboxylic acids is 1. The molecular formula is C14H13FN4O. The lowest BCUT2D eigenvalue weighted by molar-refractivity contribution is 0.102. The molecule has 5 nitrogen and oxygen atoms in total. The van der Waals surface area contributed by atoms with Gasteiger partial charge >= 0.3 is 0 Å². The van der Waals surface area contributed by atoms with Crippen LogP contribution in [0.3, 0.4) is 0 Å². The lowest BCUT2D eigenvalue weighted by atomic mass is 10.1. The van der Waals surface area contributed by atoms with E-state index in [1.807, 2.05) is 0 Å². The number of hydrogen-bond acceptors (Lipinski definition) is 3. The van der Waals surface area contributed by atoms with Crippen molar-refractivity contribution in [1.29, 1.82) is 0 Å². The van der Waals surface area contributed by atoms with Crippen LogP contribution in [0.5, 0.6) is 0 Å². The predicted molar refractivity (Wildman–Crippen MR) is 73.5 cm³/mol. The smallest absolute Gasteiger partial charge is 0.256 e. The number of aryl methyl sites for hydroxylation is 1. The molecule has 3 N–H and O–H groups in total. The lowest BCUT2D eigenvalue weighted by Gasteiger charge is -2.05. The van der Waals surface area contributed by atoms with Gasteiger partial charge in [0.25, 0.3) is 5.91 Å². The topological polar surface area (TPSA) is 72.9 Å². The van der Waals surface area contributed by atoms with Gasteiger partial charge in [0.15, 0.2) is 0 Å². The molecule has 0 spiro atoms. The van der Waals surface area contributed by atoms with Crippen LogP contribution in [-0.4, -0.2) is 22.2 Å². The van der Waals surface area contributed by atoms with E-state index in [0.717, 1.165) is 6.07 Å². The monoisotopic (exact) mass is 272 g/mol. The Balaban J connectivity index is 2.19. The second-order valence-electron chi connectivity index (χ2n) is 3.99. The largest absolute Gasteiger partial charge is 0.320 e. The fourth-order valence-corrected chi connectivity index (χ4v) is 1.59. The summed E-state index contributed by atoms with van der Waals surface area (Å²) >= 11 is 0. The molecule has 0 aliphatic rings. The summed E-state index contributed by atoms with van der Waals surface area (Å²) in [6.45, 7) is 0.155. The lowest BCUT2D eigenvalue weighted by Crippen LogP contribution is -2.14. The van der Waals surface area contributed by atoms with Gasteiger partial charge in [0.1, 0.15) is 11.6 Å². The van der Waals surface area contributed by atoms with E-state index < -0.39 is 11.7 Å². The summed E-state index contributed by atoms with van der Waals surface area (Å²) in [5.41, 5.74) is 5.65. The zero-order valence-corrected chi connectivity index (χ0v) is 10.9. The Kier molecular flexibility index (Phi) is 4.13. The predicted octanol–water partition coefficient (Wildman–Crippen LogP) is 1.12. The van der Waals surface area contributed by atoms with Gasteiger partial charge in [0.05, 0.1) is 18.3 Å². The van der Waals surface area contributed by atoms with E-state index in [-0.39, 0.29) is 17.7 Å². The van der Waals surface area contributed by atoms with E-state index >= 15 is 0 Å². The van der Waals surface area contributed by atoms with Gasteiger partial charge in [-0.15, -0.1) is 0 Å². The third-order valence-corrected chi connectivity index (χ3v) is 2.62. The van der Waals surface area contributed by atoms with Gasteiger partial charge in [0.2, 0.25) is 0 Å². The number of carbonyl (C=O) groups is 1. The van der Waals surface area contributed by atoms with Gasteiger partial charge in [-0.05, 0) is 18.2 Å². The van der Waals surface area contributed by atoms with Crippen molar-refractivity contribution in [2.45, 2.75) is 0 Å². The van der Waals surface area contributed by atoms with Crippen LogP contribution < -0.4 is 11.1 Å². The van der Waals surface area contributed by atoms with Crippen LogP contribution in [-0.2, 0) is 7.05 Å². The van der Waals surface area contributed by atoms with Crippen molar-refractivity contribution in [2.24, 2.45) is 12.8 Å². The number of benzene rings is 1. The fourth-order valence-electron chi connectivity index (χ4n) is 1.59. The van der Waals surface area contributed by atoms with Gasteiger partial charge in [-0.2, -0.15) is 5.10 Å². The van der Waals surface area contributed by atoms with Crippen molar-refractivity contribution in [3.63, 3.8) is 0 Å². The maximum Gasteiger partial charge on any atom is 0.256 e. The zero-order valence-electron chi connectivity index (χ0n) is 10.9. The molecule has 0 saturated carbocycles. The minimum absolute atomic E-state index is 0.155. The molecule has 1 aromatic heterocycles. The number of rotatable bonds is 2. The normalized spacial score (nSPS) is 9.75. The first-order valence-electron chi connectivity index (χ1n) is 5.89. The van der Waals surface area contributed by atoms with Gasteiger partial charge in [-0.3, -0.25) is 9.48 Å². The molecule has 0 fully saturated rings. The highest BCUT2D eigenvalue weighted by Gasteiger charge is 2.10. The van der Waals surface area contributed by atoms with E-state index in [0.29, 0.717) is 5.82 Å². The molecule has 1 amide bonds. The first-order chi connectivity index (χ1) is 9.61. The maximum absolute atomic E-state index is 13.8. The van der Waals surface area contributed by atoms with Gasteiger partial charge in [-0.25, -0.2) is 4.39 Å². The molecule has 102 valence electrons. The van der Waals surface area contributed by atoms with Crippen LogP contribution in [0, 0.1) is 17.7 Å². The number of nitrogens with one attached hydrogen (secondary N) is 1. The van der Waals surface area contributed by atoms with Crippen LogP contribution >= 0.6 is 0 Å². The highest BCUT2D eigenvalue weighted by molar-refractivity contribution is 6.03. The van der Waals surface area contributed by atoms with E-state index in [4.69, 9.17) is 5.73 Å². The Morgan fingerprint density at radius 1 is 1.50 bits per heavy atom. The highest BCUT2D eigenvalue weighted by Crippen LogP contribution is 2.12. The standard InChI is InChI=1S/C14H13FN4O/c1-19-13(6-8-17-19)18-14(20)11-5-4-10(3-2-7-16)12(15)9-11/h4-6,8-9H,7,16H2,1H3,(H,18,20). The van der Waals surface area contributed by atoms with Crippen molar-refractivity contribution in [3.05, 3.63) is 47.4 Å². The van der Waals surface area contributed by atoms with Crippen LogP contribution in [0.1, 0.15) is 15.9 Å². The summed E-state index contributed by atoms with van der Waals surface area (Å²) in [7, 11) is 1.70. The quantitative estimate of drug-likeness (QED) is 0.805.